The zero-order chi connectivity index (χ0) is 11.2. The molecule has 15 heavy (non-hydrogen) atoms. The lowest BCUT2D eigenvalue weighted by Gasteiger charge is -2.34. The van der Waals surface area contributed by atoms with E-state index in [1.54, 1.807) is 0 Å². The van der Waals surface area contributed by atoms with Crippen LogP contribution in [0.25, 0.3) is 0 Å². The Bertz CT molecular complexity index is 339. The van der Waals surface area contributed by atoms with Crippen LogP contribution in [0, 0.1) is 0 Å². The lowest BCUT2D eigenvalue weighted by Crippen LogP contribution is -2.55. The molecule has 2 aliphatic heterocycles. The Balaban J connectivity index is 2.16. The summed E-state index contributed by atoms with van der Waals surface area (Å²) < 4.78 is 36.6. The van der Waals surface area contributed by atoms with Crippen LogP contribution in [0.4, 0.5) is 0 Å². The van der Waals surface area contributed by atoms with Gasteiger partial charge < -0.3 is 19.7 Å². The molecule has 88 valence electrons. The molecule has 0 aromatic heterocycles. The first kappa shape index (κ1) is 11.2. The van der Waals surface area contributed by atoms with Gasteiger partial charge in [0.1, 0.15) is 18.3 Å². The molecular formula is C7H12O7S. The summed E-state index contributed by atoms with van der Waals surface area (Å²) in [6.45, 7) is 0.118. The molecule has 0 amide bonds. The van der Waals surface area contributed by atoms with Gasteiger partial charge in [0.15, 0.2) is 12.4 Å². The van der Waals surface area contributed by atoms with E-state index in [0.29, 0.717) is 0 Å². The summed E-state index contributed by atoms with van der Waals surface area (Å²) >= 11 is 0. The molecule has 0 aliphatic carbocycles. The van der Waals surface area contributed by atoms with Crippen molar-refractivity contribution in [2.45, 2.75) is 30.7 Å². The molecule has 0 aromatic carbocycles. The minimum absolute atomic E-state index is 0.118. The second-order valence-electron chi connectivity index (χ2n) is 3.62. The van der Waals surface area contributed by atoms with Crippen LogP contribution in [-0.4, -0.2) is 62.2 Å². The second-order valence-corrected chi connectivity index (χ2v) is 5.22. The highest BCUT2D eigenvalue weighted by molar-refractivity contribution is 7.86. The summed E-state index contributed by atoms with van der Waals surface area (Å²) in [6, 6.07) is 0. The van der Waals surface area contributed by atoms with Crippen LogP contribution < -0.4 is 0 Å². The monoisotopic (exact) mass is 240 g/mol. The summed E-state index contributed by atoms with van der Waals surface area (Å²) in [7, 11) is -3.74. The molecule has 7 nitrogen and oxygen atoms in total. The molecule has 2 N–H and O–H groups in total. The van der Waals surface area contributed by atoms with Gasteiger partial charge in [0.25, 0.3) is 10.1 Å². The van der Waals surface area contributed by atoms with Crippen molar-refractivity contribution in [2.24, 2.45) is 0 Å². The van der Waals surface area contributed by atoms with E-state index in [1.807, 2.05) is 0 Å². The lowest BCUT2D eigenvalue weighted by atomic mass is 10.0. The second kappa shape index (κ2) is 3.65. The maximum Gasteiger partial charge on any atom is 0.264 e. The average molecular weight is 240 g/mol. The molecule has 0 unspecified atom stereocenters. The fourth-order valence-electron chi connectivity index (χ4n) is 1.67. The highest BCUT2D eigenvalue weighted by Crippen LogP contribution is 2.30. The van der Waals surface area contributed by atoms with Gasteiger partial charge in [-0.25, -0.2) is 0 Å². The molecule has 8 heteroatoms. The Morgan fingerprint density at radius 3 is 2.60 bits per heavy atom. The SMILES string of the molecule is CS(=O)(=O)O[C@H]1[C@@H]2OC[C@@H](O2)[C@H](O)[C@@H]1O. The zero-order valence-electron chi connectivity index (χ0n) is 7.94. The van der Waals surface area contributed by atoms with Gasteiger partial charge >= 0.3 is 0 Å². The summed E-state index contributed by atoms with van der Waals surface area (Å²) in [4.78, 5) is 0. The van der Waals surface area contributed by atoms with Crippen molar-refractivity contribution in [2.75, 3.05) is 12.9 Å². The molecule has 2 rings (SSSR count). The van der Waals surface area contributed by atoms with E-state index in [9.17, 15) is 18.6 Å². The van der Waals surface area contributed by atoms with E-state index in [2.05, 4.69) is 4.18 Å². The van der Waals surface area contributed by atoms with E-state index in [1.165, 1.54) is 0 Å². The Hall–Kier alpha value is -0.250. The number of ether oxygens (including phenoxy) is 2. The van der Waals surface area contributed by atoms with E-state index in [-0.39, 0.29) is 6.61 Å². The number of rotatable bonds is 2. The molecular weight excluding hydrogens is 228 g/mol. The first-order chi connectivity index (χ1) is 6.88. The molecule has 0 radical (unpaired) electrons. The maximum absolute atomic E-state index is 10.9. The molecule has 2 saturated heterocycles. The van der Waals surface area contributed by atoms with E-state index in [4.69, 9.17) is 9.47 Å². The number of hydrogen-bond acceptors (Lipinski definition) is 7. The average Bonchev–Trinajstić information content (AvgIpc) is 2.54. The van der Waals surface area contributed by atoms with Crippen LogP contribution in [0.15, 0.2) is 0 Å². The van der Waals surface area contributed by atoms with E-state index >= 15 is 0 Å². The van der Waals surface area contributed by atoms with Crippen molar-refractivity contribution in [3.63, 3.8) is 0 Å². The first-order valence-electron chi connectivity index (χ1n) is 4.40. The predicted molar refractivity (Wildman–Crippen MR) is 46.3 cm³/mol. The highest BCUT2D eigenvalue weighted by atomic mass is 32.2. The largest absolute Gasteiger partial charge is 0.387 e. The Kier molecular flexibility index (Phi) is 2.73. The molecule has 2 aliphatic rings. The third-order valence-electron chi connectivity index (χ3n) is 2.36. The van der Waals surface area contributed by atoms with E-state index < -0.39 is 40.8 Å². The van der Waals surface area contributed by atoms with Crippen molar-refractivity contribution in [3.05, 3.63) is 0 Å². The minimum atomic E-state index is -3.74. The number of aliphatic hydroxyl groups excluding tert-OH is 2. The topological polar surface area (TPSA) is 102 Å². The van der Waals surface area contributed by atoms with Crippen LogP contribution >= 0.6 is 0 Å². The quantitative estimate of drug-likeness (QED) is 0.528. The zero-order valence-corrected chi connectivity index (χ0v) is 8.75. The molecule has 2 bridgehead atoms. The molecule has 2 heterocycles. The number of hydrogen-bond donors (Lipinski definition) is 2. The molecule has 5 atom stereocenters. The predicted octanol–water partition coefficient (Wildman–Crippen LogP) is -2.19. The van der Waals surface area contributed by atoms with Gasteiger partial charge in [-0.3, -0.25) is 4.18 Å². The van der Waals surface area contributed by atoms with Gasteiger partial charge in [0.05, 0.1) is 12.9 Å². The minimum Gasteiger partial charge on any atom is -0.387 e. The molecule has 0 aromatic rings. The van der Waals surface area contributed by atoms with Gasteiger partial charge in [-0.15, -0.1) is 0 Å². The van der Waals surface area contributed by atoms with Gasteiger partial charge in [-0.1, -0.05) is 0 Å². The molecule has 0 saturated carbocycles. The summed E-state index contributed by atoms with van der Waals surface area (Å²) in [5.41, 5.74) is 0. The van der Waals surface area contributed by atoms with Crippen LogP contribution in [0.2, 0.25) is 0 Å². The third kappa shape index (κ3) is 2.14. The van der Waals surface area contributed by atoms with E-state index in [0.717, 1.165) is 6.26 Å². The van der Waals surface area contributed by atoms with Crippen molar-refractivity contribution < 1.29 is 32.3 Å². The summed E-state index contributed by atoms with van der Waals surface area (Å²) in [6.07, 6.45) is -4.45. The fourth-order valence-corrected chi connectivity index (χ4v) is 2.28. The third-order valence-corrected chi connectivity index (χ3v) is 2.93. The van der Waals surface area contributed by atoms with Crippen molar-refractivity contribution in [3.8, 4) is 0 Å². The lowest BCUT2D eigenvalue weighted by molar-refractivity contribution is -0.219. The molecule has 2 fully saturated rings. The standard InChI is InChI=1S/C7H12O7S/c1-15(10,11)14-6-5(9)4(8)3-2-12-7(6)13-3/h3-9H,2H2,1H3/t3-,4+,5+,6-,7-/m1/s1. The van der Waals surface area contributed by atoms with Crippen molar-refractivity contribution in [1.29, 1.82) is 0 Å². The van der Waals surface area contributed by atoms with Crippen molar-refractivity contribution in [1.82, 2.24) is 0 Å². The highest BCUT2D eigenvalue weighted by Gasteiger charge is 2.51. The normalized spacial score (nSPS) is 45.7. The fraction of sp³-hybridized carbons (Fsp3) is 1.00. The van der Waals surface area contributed by atoms with Gasteiger partial charge in [-0.05, 0) is 0 Å². The van der Waals surface area contributed by atoms with Gasteiger partial charge in [-0.2, -0.15) is 8.42 Å². The van der Waals surface area contributed by atoms with Gasteiger partial charge in [0, 0.05) is 0 Å². The molecule has 0 spiro atoms. The number of fused-ring (bicyclic) bond motifs is 2. The van der Waals surface area contributed by atoms with Crippen molar-refractivity contribution >= 4 is 10.1 Å². The Morgan fingerprint density at radius 1 is 1.33 bits per heavy atom. The van der Waals surface area contributed by atoms with Crippen LogP contribution in [-0.2, 0) is 23.8 Å². The van der Waals surface area contributed by atoms with Crippen LogP contribution in [0.1, 0.15) is 0 Å². The Labute approximate surface area is 86.7 Å². The Morgan fingerprint density at radius 2 is 2.00 bits per heavy atom. The summed E-state index contributed by atoms with van der Waals surface area (Å²) in [5.74, 6) is 0. The number of aliphatic hydroxyl groups is 2. The smallest absolute Gasteiger partial charge is 0.264 e. The summed E-state index contributed by atoms with van der Waals surface area (Å²) in [5, 5.41) is 19.1. The maximum atomic E-state index is 10.9. The van der Waals surface area contributed by atoms with Crippen LogP contribution in [0.5, 0.6) is 0 Å². The van der Waals surface area contributed by atoms with Crippen LogP contribution in [0.3, 0.4) is 0 Å². The van der Waals surface area contributed by atoms with Gasteiger partial charge in [0.2, 0.25) is 0 Å². The first-order valence-corrected chi connectivity index (χ1v) is 6.21.